The Hall–Kier alpha value is -2.14. The van der Waals surface area contributed by atoms with Gasteiger partial charge in [-0.25, -0.2) is 15.8 Å². The maximum absolute atomic E-state index is 5.51. The number of nitrogens with one attached hydrogen (secondary N) is 2. The summed E-state index contributed by atoms with van der Waals surface area (Å²) in [6.07, 6.45) is 5.59. The Morgan fingerprint density at radius 1 is 1.05 bits per heavy atom. The Balaban J connectivity index is 1.90. The van der Waals surface area contributed by atoms with E-state index < -0.39 is 0 Å². The maximum Gasteiger partial charge on any atom is 0.148 e. The lowest BCUT2D eigenvalue weighted by Gasteiger charge is -2.13. The first-order valence-electron chi connectivity index (χ1n) is 7.43. The molecular formula is C16H23N5. The predicted molar refractivity (Wildman–Crippen MR) is 87.1 cm³/mol. The van der Waals surface area contributed by atoms with Crippen molar-refractivity contribution in [3.05, 3.63) is 47.8 Å². The van der Waals surface area contributed by atoms with Crippen LogP contribution in [-0.2, 0) is 12.8 Å². The molecule has 0 radical (unpaired) electrons. The van der Waals surface area contributed by atoms with Gasteiger partial charge < -0.3 is 10.7 Å². The molecule has 1 aromatic heterocycles. The van der Waals surface area contributed by atoms with Gasteiger partial charge in [0.1, 0.15) is 18.0 Å². The number of hydrogen-bond donors (Lipinski definition) is 3. The van der Waals surface area contributed by atoms with E-state index in [9.17, 15) is 0 Å². The summed E-state index contributed by atoms with van der Waals surface area (Å²) in [7, 11) is 0. The molecule has 0 unspecified atom stereocenters. The van der Waals surface area contributed by atoms with Gasteiger partial charge in [-0.05, 0) is 24.8 Å². The third-order valence-corrected chi connectivity index (χ3v) is 3.36. The molecule has 0 spiro atoms. The van der Waals surface area contributed by atoms with Gasteiger partial charge in [0, 0.05) is 12.1 Å². The highest BCUT2D eigenvalue weighted by molar-refractivity contribution is 5.56. The van der Waals surface area contributed by atoms with Crippen LogP contribution in [0.2, 0.25) is 0 Å². The number of nitrogen functional groups attached to an aromatic ring is 1. The molecule has 5 nitrogen and oxygen atoms in total. The number of hydrogen-bond acceptors (Lipinski definition) is 5. The van der Waals surface area contributed by atoms with Crippen LogP contribution < -0.4 is 16.6 Å². The maximum atomic E-state index is 5.51. The first kappa shape index (κ1) is 15.3. The minimum Gasteiger partial charge on any atom is -0.370 e. The molecule has 0 amide bonds. The molecule has 4 N–H and O–H groups in total. The van der Waals surface area contributed by atoms with E-state index in [1.807, 2.05) is 6.07 Å². The number of hydrazine groups is 1. The number of nitrogens with two attached hydrogens (primary N) is 1. The van der Waals surface area contributed by atoms with Crippen LogP contribution in [0.25, 0.3) is 0 Å². The normalized spacial score (nSPS) is 10.4. The Morgan fingerprint density at radius 3 is 2.52 bits per heavy atom. The van der Waals surface area contributed by atoms with Gasteiger partial charge in [-0.3, -0.25) is 0 Å². The molecule has 0 bridgehead atoms. The third-order valence-electron chi connectivity index (χ3n) is 3.36. The van der Waals surface area contributed by atoms with Gasteiger partial charge in [0.2, 0.25) is 0 Å². The molecule has 0 atom stereocenters. The second kappa shape index (κ2) is 8.21. The number of rotatable bonds is 8. The standard InChI is InChI=1S/C16H23N5/c1-2-7-14-15(19-12-20-16(14)21-17)18-11-6-10-13-8-4-3-5-9-13/h3-5,8-9,12H,2,6-7,10-11,17H2,1H3,(H2,18,19,20,21). The fourth-order valence-electron chi connectivity index (χ4n) is 2.32. The monoisotopic (exact) mass is 285 g/mol. The van der Waals surface area contributed by atoms with E-state index >= 15 is 0 Å². The van der Waals surface area contributed by atoms with Crippen molar-refractivity contribution in [3.63, 3.8) is 0 Å². The number of aromatic nitrogens is 2. The van der Waals surface area contributed by atoms with Crippen molar-refractivity contribution < 1.29 is 0 Å². The zero-order valence-electron chi connectivity index (χ0n) is 12.5. The molecule has 0 aliphatic heterocycles. The Bertz CT molecular complexity index is 542. The van der Waals surface area contributed by atoms with Crippen molar-refractivity contribution in [2.75, 3.05) is 17.3 Å². The van der Waals surface area contributed by atoms with E-state index in [2.05, 4.69) is 51.9 Å². The summed E-state index contributed by atoms with van der Waals surface area (Å²) in [5, 5.41) is 3.40. The highest BCUT2D eigenvalue weighted by Crippen LogP contribution is 2.20. The molecule has 21 heavy (non-hydrogen) atoms. The van der Waals surface area contributed by atoms with Crippen LogP contribution in [-0.4, -0.2) is 16.5 Å². The third kappa shape index (κ3) is 4.43. The molecular weight excluding hydrogens is 262 g/mol. The van der Waals surface area contributed by atoms with Crippen molar-refractivity contribution in [2.24, 2.45) is 5.84 Å². The number of benzene rings is 1. The molecule has 2 aromatic rings. The van der Waals surface area contributed by atoms with Crippen LogP contribution in [0.15, 0.2) is 36.7 Å². The summed E-state index contributed by atoms with van der Waals surface area (Å²) in [5.41, 5.74) is 5.06. The van der Waals surface area contributed by atoms with Crippen LogP contribution in [0.1, 0.15) is 30.9 Å². The summed E-state index contributed by atoms with van der Waals surface area (Å²) in [6, 6.07) is 10.5. The average molecular weight is 285 g/mol. The van der Waals surface area contributed by atoms with E-state index in [-0.39, 0.29) is 0 Å². The van der Waals surface area contributed by atoms with Crippen molar-refractivity contribution in [1.82, 2.24) is 9.97 Å². The zero-order valence-corrected chi connectivity index (χ0v) is 12.5. The second-order valence-electron chi connectivity index (χ2n) is 4.96. The fraction of sp³-hybridized carbons (Fsp3) is 0.375. The van der Waals surface area contributed by atoms with Crippen molar-refractivity contribution in [1.29, 1.82) is 0 Å². The summed E-state index contributed by atoms with van der Waals surface area (Å²) in [6.45, 7) is 3.01. The lowest BCUT2D eigenvalue weighted by Crippen LogP contribution is -2.15. The molecule has 5 heteroatoms. The van der Waals surface area contributed by atoms with Crippen molar-refractivity contribution in [3.8, 4) is 0 Å². The van der Waals surface area contributed by atoms with Crippen LogP contribution in [0.3, 0.4) is 0 Å². The average Bonchev–Trinajstić information content (AvgIpc) is 2.54. The lowest BCUT2D eigenvalue weighted by atomic mass is 10.1. The van der Waals surface area contributed by atoms with Crippen LogP contribution >= 0.6 is 0 Å². The van der Waals surface area contributed by atoms with E-state index in [1.54, 1.807) is 0 Å². The summed E-state index contributed by atoms with van der Waals surface area (Å²) < 4.78 is 0. The van der Waals surface area contributed by atoms with Gasteiger partial charge in [-0.2, -0.15) is 0 Å². The Kier molecular flexibility index (Phi) is 5.97. The number of anilines is 2. The number of aryl methyl sites for hydroxylation is 1. The smallest absolute Gasteiger partial charge is 0.148 e. The largest absolute Gasteiger partial charge is 0.370 e. The quantitative estimate of drug-likeness (QED) is 0.395. The highest BCUT2D eigenvalue weighted by Gasteiger charge is 2.09. The summed E-state index contributed by atoms with van der Waals surface area (Å²) in [4.78, 5) is 8.50. The summed E-state index contributed by atoms with van der Waals surface area (Å²) >= 11 is 0. The van der Waals surface area contributed by atoms with Gasteiger partial charge >= 0.3 is 0 Å². The predicted octanol–water partition coefficient (Wildman–Crippen LogP) is 2.76. The van der Waals surface area contributed by atoms with Gasteiger partial charge in [0.15, 0.2) is 0 Å². The van der Waals surface area contributed by atoms with Gasteiger partial charge in [-0.15, -0.1) is 0 Å². The molecule has 112 valence electrons. The van der Waals surface area contributed by atoms with E-state index in [1.165, 1.54) is 11.9 Å². The zero-order chi connectivity index (χ0) is 14.9. The van der Waals surface area contributed by atoms with Gasteiger partial charge in [0.05, 0.1) is 0 Å². The Morgan fingerprint density at radius 2 is 1.81 bits per heavy atom. The minimum absolute atomic E-state index is 0.706. The van der Waals surface area contributed by atoms with Crippen molar-refractivity contribution in [2.45, 2.75) is 32.6 Å². The van der Waals surface area contributed by atoms with Crippen LogP contribution in [0.4, 0.5) is 11.6 Å². The van der Waals surface area contributed by atoms with Crippen LogP contribution in [0.5, 0.6) is 0 Å². The fourth-order valence-corrected chi connectivity index (χ4v) is 2.32. The van der Waals surface area contributed by atoms with E-state index in [4.69, 9.17) is 5.84 Å². The first-order chi connectivity index (χ1) is 10.3. The molecule has 0 fully saturated rings. The van der Waals surface area contributed by atoms with Crippen LogP contribution in [0, 0.1) is 0 Å². The van der Waals surface area contributed by atoms with Gasteiger partial charge in [-0.1, -0.05) is 43.7 Å². The topological polar surface area (TPSA) is 75.9 Å². The van der Waals surface area contributed by atoms with E-state index in [0.717, 1.165) is 43.6 Å². The minimum atomic E-state index is 0.706. The molecule has 2 rings (SSSR count). The SMILES string of the molecule is CCCc1c(NN)ncnc1NCCCc1ccccc1. The second-order valence-corrected chi connectivity index (χ2v) is 4.96. The molecule has 0 saturated carbocycles. The molecule has 1 aromatic carbocycles. The van der Waals surface area contributed by atoms with Crippen molar-refractivity contribution >= 4 is 11.6 Å². The Labute approximate surface area is 126 Å². The summed E-state index contributed by atoms with van der Waals surface area (Å²) in [5.74, 6) is 7.10. The molecule has 1 heterocycles. The first-order valence-corrected chi connectivity index (χ1v) is 7.43. The van der Waals surface area contributed by atoms with Gasteiger partial charge in [0.25, 0.3) is 0 Å². The lowest BCUT2D eigenvalue weighted by molar-refractivity contribution is 0.846. The molecule has 0 aliphatic rings. The number of nitrogens with zero attached hydrogens (tertiary/aromatic N) is 2. The molecule has 0 aliphatic carbocycles. The highest BCUT2D eigenvalue weighted by atomic mass is 15.3. The van der Waals surface area contributed by atoms with E-state index in [0.29, 0.717) is 5.82 Å². The molecule has 0 saturated heterocycles.